The largest absolute Gasteiger partial charge is 0.373 e. The van der Waals surface area contributed by atoms with Crippen LogP contribution in [0.2, 0.25) is 0 Å². The molecule has 1 aromatic heterocycles. The molecule has 3 heteroatoms. The molecule has 1 aromatic rings. The maximum atomic E-state index is 5.93. The van der Waals surface area contributed by atoms with Gasteiger partial charge in [0.15, 0.2) is 0 Å². The molecular formula is C14H22N2O. The molecule has 17 heavy (non-hydrogen) atoms. The van der Waals surface area contributed by atoms with Crippen LogP contribution in [-0.2, 0) is 4.74 Å². The molecule has 2 unspecified atom stereocenters. The molecule has 0 amide bonds. The highest BCUT2D eigenvalue weighted by Gasteiger charge is 2.27. The number of nitrogens with one attached hydrogen (secondary N) is 1. The molecule has 0 saturated carbocycles. The van der Waals surface area contributed by atoms with E-state index in [1.807, 2.05) is 18.5 Å². The second-order valence-corrected chi connectivity index (χ2v) is 5.04. The third kappa shape index (κ3) is 3.51. The van der Waals surface area contributed by atoms with Crippen LogP contribution in [0, 0.1) is 5.92 Å². The van der Waals surface area contributed by atoms with Crippen LogP contribution < -0.4 is 5.32 Å². The molecule has 1 saturated heterocycles. The quantitative estimate of drug-likeness (QED) is 0.869. The average molecular weight is 234 g/mol. The van der Waals surface area contributed by atoms with Crippen molar-refractivity contribution in [2.75, 3.05) is 13.2 Å². The normalized spacial score (nSPS) is 25.1. The van der Waals surface area contributed by atoms with Gasteiger partial charge in [0.25, 0.3) is 0 Å². The van der Waals surface area contributed by atoms with Gasteiger partial charge in [-0.1, -0.05) is 19.9 Å². The van der Waals surface area contributed by atoms with E-state index in [1.54, 1.807) is 0 Å². The Morgan fingerprint density at radius 2 is 2.41 bits per heavy atom. The van der Waals surface area contributed by atoms with E-state index in [-0.39, 0.29) is 6.10 Å². The van der Waals surface area contributed by atoms with Crippen LogP contribution in [0.1, 0.15) is 38.4 Å². The molecule has 0 radical (unpaired) electrons. The van der Waals surface area contributed by atoms with Crippen LogP contribution in [0.25, 0.3) is 0 Å². The fourth-order valence-electron chi connectivity index (χ4n) is 2.35. The van der Waals surface area contributed by atoms with Crippen LogP contribution in [0.3, 0.4) is 0 Å². The van der Waals surface area contributed by atoms with Gasteiger partial charge in [-0.2, -0.15) is 0 Å². The smallest absolute Gasteiger partial charge is 0.0880 e. The molecule has 1 N–H and O–H groups in total. The molecule has 2 atom stereocenters. The molecule has 1 fully saturated rings. The van der Waals surface area contributed by atoms with Crippen LogP contribution in [-0.4, -0.2) is 24.2 Å². The van der Waals surface area contributed by atoms with Crippen LogP contribution in [0.5, 0.6) is 0 Å². The van der Waals surface area contributed by atoms with E-state index in [0.717, 1.165) is 13.2 Å². The number of hydrogen-bond donors (Lipinski definition) is 1. The maximum absolute atomic E-state index is 5.93. The standard InChI is InChI=1S/C14H22N2O/c1-11(2)16-10-13-6-4-8-17-14(13)12-5-3-7-15-9-12/h3,5,7,9,11,13-14,16H,4,6,8,10H2,1-2H3. The number of pyridine rings is 1. The van der Waals surface area contributed by atoms with Crippen molar-refractivity contribution < 1.29 is 4.74 Å². The lowest BCUT2D eigenvalue weighted by Gasteiger charge is -2.32. The molecule has 1 aliphatic heterocycles. The number of aromatic nitrogens is 1. The molecule has 1 aliphatic rings. The van der Waals surface area contributed by atoms with Crippen LogP contribution in [0.4, 0.5) is 0 Å². The zero-order chi connectivity index (χ0) is 12.1. The van der Waals surface area contributed by atoms with Crippen molar-refractivity contribution >= 4 is 0 Å². The van der Waals surface area contributed by atoms with Gasteiger partial charge in [0.2, 0.25) is 0 Å². The third-order valence-corrected chi connectivity index (χ3v) is 3.25. The first-order valence-corrected chi connectivity index (χ1v) is 6.52. The zero-order valence-corrected chi connectivity index (χ0v) is 10.7. The summed E-state index contributed by atoms with van der Waals surface area (Å²) in [6.45, 7) is 6.26. The zero-order valence-electron chi connectivity index (χ0n) is 10.7. The third-order valence-electron chi connectivity index (χ3n) is 3.25. The SMILES string of the molecule is CC(C)NCC1CCCOC1c1cccnc1. The first-order valence-electron chi connectivity index (χ1n) is 6.52. The van der Waals surface area contributed by atoms with Crippen molar-refractivity contribution in [3.05, 3.63) is 30.1 Å². The molecule has 0 aromatic carbocycles. The van der Waals surface area contributed by atoms with Crippen LogP contribution in [0.15, 0.2) is 24.5 Å². The van der Waals surface area contributed by atoms with Crippen molar-refractivity contribution in [2.24, 2.45) is 5.92 Å². The minimum atomic E-state index is 0.212. The van der Waals surface area contributed by atoms with E-state index in [4.69, 9.17) is 4.74 Å². The first kappa shape index (κ1) is 12.5. The second kappa shape index (κ2) is 6.12. The fourth-order valence-corrected chi connectivity index (χ4v) is 2.35. The molecule has 94 valence electrons. The summed E-state index contributed by atoms with van der Waals surface area (Å²) in [6, 6.07) is 4.64. The Labute approximate surface area is 104 Å². The van der Waals surface area contributed by atoms with Gasteiger partial charge in [-0.25, -0.2) is 0 Å². The summed E-state index contributed by atoms with van der Waals surface area (Å²) < 4.78 is 5.93. The molecule has 0 spiro atoms. The highest BCUT2D eigenvalue weighted by atomic mass is 16.5. The van der Waals surface area contributed by atoms with Gasteiger partial charge in [-0.05, 0) is 24.5 Å². The molecule has 2 rings (SSSR count). The van der Waals surface area contributed by atoms with Crippen molar-refractivity contribution in [1.29, 1.82) is 0 Å². The maximum Gasteiger partial charge on any atom is 0.0880 e. The lowest BCUT2D eigenvalue weighted by atomic mass is 9.90. The summed E-state index contributed by atoms with van der Waals surface area (Å²) in [5.41, 5.74) is 1.21. The van der Waals surface area contributed by atoms with Crippen molar-refractivity contribution in [3.63, 3.8) is 0 Å². The number of ether oxygens (including phenoxy) is 1. The minimum Gasteiger partial charge on any atom is -0.373 e. The Kier molecular flexibility index (Phi) is 4.51. The van der Waals surface area contributed by atoms with Crippen molar-refractivity contribution in [3.8, 4) is 0 Å². The van der Waals surface area contributed by atoms with E-state index in [9.17, 15) is 0 Å². The van der Waals surface area contributed by atoms with Gasteiger partial charge in [0, 0.05) is 37.5 Å². The van der Waals surface area contributed by atoms with Gasteiger partial charge in [0.05, 0.1) is 6.10 Å². The Bertz CT molecular complexity index is 326. The Balaban J connectivity index is 2.02. The summed E-state index contributed by atoms with van der Waals surface area (Å²) in [7, 11) is 0. The predicted octanol–water partition coefficient (Wildman–Crippen LogP) is 2.55. The van der Waals surface area contributed by atoms with Gasteiger partial charge in [-0.15, -0.1) is 0 Å². The second-order valence-electron chi connectivity index (χ2n) is 5.04. The predicted molar refractivity (Wildman–Crippen MR) is 68.8 cm³/mol. The summed E-state index contributed by atoms with van der Waals surface area (Å²) in [6.07, 6.45) is 6.36. The first-order chi connectivity index (χ1) is 8.27. The summed E-state index contributed by atoms with van der Waals surface area (Å²) >= 11 is 0. The lowest BCUT2D eigenvalue weighted by molar-refractivity contribution is -0.0284. The molecule has 2 heterocycles. The average Bonchev–Trinajstić information content (AvgIpc) is 2.38. The van der Waals surface area contributed by atoms with Crippen molar-refractivity contribution in [1.82, 2.24) is 10.3 Å². The molecular weight excluding hydrogens is 212 g/mol. The van der Waals surface area contributed by atoms with E-state index in [2.05, 4.69) is 30.2 Å². The van der Waals surface area contributed by atoms with Crippen LogP contribution >= 0.6 is 0 Å². The van der Waals surface area contributed by atoms with Gasteiger partial charge in [0.1, 0.15) is 0 Å². The Morgan fingerprint density at radius 3 is 3.12 bits per heavy atom. The molecule has 0 bridgehead atoms. The van der Waals surface area contributed by atoms with E-state index in [1.165, 1.54) is 18.4 Å². The van der Waals surface area contributed by atoms with Gasteiger partial charge >= 0.3 is 0 Å². The lowest BCUT2D eigenvalue weighted by Crippen LogP contribution is -2.35. The number of hydrogen-bond acceptors (Lipinski definition) is 3. The van der Waals surface area contributed by atoms with E-state index < -0.39 is 0 Å². The topological polar surface area (TPSA) is 34.1 Å². The number of nitrogens with zero attached hydrogens (tertiary/aromatic N) is 1. The Hall–Kier alpha value is -0.930. The minimum absolute atomic E-state index is 0.212. The van der Waals surface area contributed by atoms with Crippen molar-refractivity contribution in [2.45, 2.75) is 38.8 Å². The highest BCUT2D eigenvalue weighted by molar-refractivity contribution is 5.14. The van der Waals surface area contributed by atoms with Gasteiger partial charge in [-0.3, -0.25) is 4.98 Å². The monoisotopic (exact) mass is 234 g/mol. The summed E-state index contributed by atoms with van der Waals surface area (Å²) in [5, 5.41) is 3.51. The number of rotatable bonds is 4. The molecule has 3 nitrogen and oxygen atoms in total. The highest BCUT2D eigenvalue weighted by Crippen LogP contribution is 2.32. The summed E-state index contributed by atoms with van der Waals surface area (Å²) in [5.74, 6) is 0.565. The summed E-state index contributed by atoms with van der Waals surface area (Å²) in [4.78, 5) is 4.19. The Morgan fingerprint density at radius 1 is 1.53 bits per heavy atom. The molecule has 0 aliphatic carbocycles. The van der Waals surface area contributed by atoms with E-state index in [0.29, 0.717) is 12.0 Å². The van der Waals surface area contributed by atoms with Gasteiger partial charge < -0.3 is 10.1 Å². The fraction of sp³-hybridized carbons (Fsp3) is 0.643. The van der Waals surface area contributed by atoms with E-state index >= 15 is 0 Å².